The highest BCUT2D eigenvalue weighted by Crippen LogP contribution is 2.44. The molecule has 0 radical (unpaired) electrons. The Hall–Kier alpha value is -4.30. The van der Waals surface area contributed by atoms with Crippen molar-refractivity contribution in [3.63, 3.8) is 0 Å². The number of benzene rings is 2. The number of hydrogen-bond acceptors (Lipinski definition) is 7. The van der Waals surface area contributed by atoms with Gasteiger partial charge >= 0.3 is 5.97 Å². The summed E-state index contributed by atoms with van der Waals surface area (Å²) in [6.45, 7) is 13.8. The highest BCUT2D eigenvalue weighted by Gasteiger charge is 2.34. The van der Waals surface area contributed by atoms with Crippen molar-refractivity contribution in [2.45, 2.75) is 70.8 Å². The molecule has 0 aliphatic carbocycles. The van der Waals surface area contributed by atoms with Gasteiger partial charge in [0.1, 0.15) is 12.4 Å². The summed E-state index contributed by atoms with van der Waals surface area (Å²) in [7, 11) is 1.62. The van der Waals surface area contributed by atoms with Gasteiger partial charge in [0.2, 0.25) is 5.88 Å². The summed E-state index contributed by atoms with van der Waals surface area (Å²) in [6, 6.07) is 24.6. The average molecular weight is 638 g/mol. The highest BCUT2D eigenvalue weighted by atomic mass is 32.2. The Morgan fingerprint density at radius 2 is 1.67 bits per heavy atom. The number of ether oxygens (including phenoxy) is 3. The fourth-order valence-corrected chi connectivity index (χ4v) is 6.52. The fraction of sp³-hybridized carbons (Fsp3) is 0.342. The first kappa shape index (κ1) is 33.1. The maximum Gasteiger partial charge on any atom is 0.311 e. The highest BCUT2D eigenvalue weighted by molar-refractivity contribution is 8.00. The second kappa shape index (κ2) is 14.0. The lowest BCUT2D eigenvalue weighted by Gasteiger charge is -2.26. The zero-order valence-electron chi connectivity index (χ0n) is 27.8. The predicted molar refractivity (Wildman–Crippen MR) is 186 cm³/mol. The van der Waals surface area contributed by atoms with Crippen LogP contribution in [0.3, 0.4) is 0 Å². The van der Waals surface area contributed by atoms with Crippen molar-refractivity contribution < 1.29 is 19.0 Å². The molecule has 46 heavy (non-hydrogen) atoms. The first-order valence-electron chi connectivity index (χ1n) is 15.6. The predicted octanol–water partition coefficient (Wildman–Crippen LogP) is 8.76. The Bertz CT molecular complexity index is 1770. The van der Waals surface area contributed by atoms with Crippen LogP contribution in [-0.4, -0.2) is 39.0 Å². The largest absolute Gasteiger partial charge is 0.487 e. The molecule has 0 unspecified atom stereocenters. The number of thioether (sulfide) groups is 1. The molecule has 0 saturated carbocycles. The molecule has 240 valence electrons. The molecule has 0 aliphatic rings. The van der Waals surface area contributed by atoms with Gasteiger partial charge in [-0.15, -0.1) is 11.8 Å². The van der Waals surface area contributed by atoms with E-state index in [4.69, 9.17) is 14.2 Å². The normalized spacial score (nSPS) is 11.9. The third kappa shape index (κ3) is 7.91. The molecule has 8 heteroatoms. The van der Waals surface area contributed by atoms with E-state index < -0.39 is 5.41 Å². The molecule has 5 rings (SSSR count). The van der Waals surface area contributed by atoms with Gasteiger partial charge in [0.15, 0.2) is 0 Å². The van der Waals surface area contributed by atoms with Crippen molar-refractivity contribution in [1.29, 1.82) is 0 Å². The number of hydrogen-bond donors (Lipinski definition) is 0. The van der Waals surface area contributed by atoms with Crippen LogP contribution in [-0.2, 0) is 29.1 Å². The number of methoxy groups -OCH3 is 1. The van der Waals surface area contributed by atoms with Gasteiger partial charge in [-0.05, 0) is 68.3 Å². The van der Waals surface area contributed by atoms with Crippen LogP contribution in [0.25, 0.3) is 22.0 Å². The maximum atomic E-state index is 13.2. The molecule has 0 amide bonds. The summed E-state index contributed by atoms with van der Waals surface area (Å²) in [5, 5.41) is 1.11. The number of esters is 1. The Morgan fingerprint density at radius 1 is 0.913 bits per heavy atom. The molecule has 0 atom stereocenters. The smallest absolute Gasteiger partial charge is 0.311 e. The van der Waals surface area contributed by atoms with Crippen LogP contribution in [0.2, 0.25) is 0 Å². The summed E-state index contributed by atoms with van der Waals surface area (Å²) < 4.78 is 19.3. The van der Waals surface area contributed by atoms with Crippen molar-refractivity contribution in [2.24, 2.45) is 5.41 Å². The first-order valence-corrected chi connectivity index (χ1v) is 16.4. The molecule has 2 aromatic carbocycles. The minimum Gasteiger partial charge on any atom is -0.487 e. The minimum atomic E-state index is -0.723. The van der Waals surface area contributed by atoms with Crippen LogP contribution in [0.5, 0.6) is 11.6 Å². The molecule has 3 heterocycles. The molecule has 5 aromatic rings. The van der Waals surface area contributed by atoms with Gasteiger partial charge in [0.05, 0.1) is 24.8 Å². The number of rotatable bonds is 12. The molecule has 0 N–H and O–H groups in total. The van der Waals surface area contributed by atoms with Gasteiger partial charge in [-0.3, -0.25) is 9.78 Å². The van der Waals surface area contributed by atoms with E-state index in [-0.39, 0.29) is 10.7 Å². The molecule has 0 aliphatic heterocycles. The van der Waals surface area contributed by atoms with E-state index in [2.05, 4.69) is 71.7 Å². The maximum absolute atomic E-state index is 13.2. The molecule has 0 spiro atoms. The summed E-state index contributed by atoms with van der Waals surface area (Å²) >= 11 is 1.82. The van der Waals surface area contributed by atoms with Crippen molar-refractivity contribution in [1.82, 2.24) is 14.5 Å². The first-order chi connectivity index (χ1) is 22.0. The van der Waals surface area contributed by atoms with Crippen LogP contribution >= 0.6 is 11.8 Å². The van der Waals surface area contributed by atoms with E-state index >= 15 is 0 Å². The fourth-order valence-electron chi connectivity index (χ4n) is 5.34. The van der Waals surface area contributed by atoms with Crippen molar-refractivity contribution in [3.8, 4) is 22.8 Å². The average Bonchev–Trinajstić information content (AvgIpc) is 3.30. The number of pyridine rings is 2. The van der Waals surface area contributed by atoms with Crippen molar-refractivity contribution in [2.75, 3.05) is 13.7 Å². The third-order valence-electron chi connectivity index (χ3n) is 7.62. The van der Waals surface area contributed by atoms with Gasteiger partial charge in [0.25, 0.3) is 0 Å². The number of aromatic nitrogens is 3. The van der Waals surface area contributed by atoms with Crippen molar-refractivity contribution in [3.05, 3.63) is 102 Å². The molecular weight excluding hydrogens is 595 g/mol. The molecule has 0 fully saturated rings. The second-order valence-corrected chi connectivity index (χ2v) is 14.8. The number of carbonyl (C=O) groups excluding carboxylic acids is 1. The third-order valence-corrected chi connectivity index (χ3v) is 8.90. The Balaban J connectivity index is 1.58. The number of fused-ring (bicyclic) bond motifs is 1. The summed E-state index contributed by atoms with van der Waals surface area (Å²) in [4.78, 5) is 23.1. The molecule has 0 bridgehead atoms. The van der Waals surface area contributed by atoms with Gasteiger partial charge in [0, 0.05) is 63.2 Å². The Morgan fingerprint density at radius 3 is 2.30 bits per heavy atom. The van der Waals surface area contributed by atoms with Gasteiger partial charge in [-0.1, -0.05) is 51.1 Å². The standard InChI is InChI=1S/C38H43N3O4S/c1-8-44-36(42)38(5,6)22-33-35(46-37(2,3)4)31-21-30(45-25-29-11-9-10-20-39-29)17-18-32(31)41(33)24-26-12-14-27(15-13-26)28-16-19-34(43-7)40-23-28/h9-21,23H,8,22,24-25H2,1-7H3. The molecular formula is C38H43N3O4S. The van der Waals surface area contributed by atoms with Crippen molar-refractivity contribution >= 4 is 28.6 Å². The summed E-state index contributed by atoms with van der Waals surface area (Å²) in [6.07, 6.45) is 4.13. The van der Waals surface area contributed by atoms with E-state index in [1.165, 1.54) is 0 Å². The lowest BCUT2D eigenvalue weighted by molar-refractivity contribution is -0.153. The monoisotopic (exact) mass is 637 g/mol. The van der Waals surface area contributed by atoms with E-state index in [1.54, 1.807) is 13.3 Å². The molecule has 7 nitrogen and oxygen atoms in total. The molecule has 3 aromatic heterocycles. The van der Waals surface area contributed by atoms with Gasteiger partial charge < -0.3 is 18.8 Å². The second-order valence-electron chi connectivity index (χ2n) is 12.9. The van der Waals surface area contributed by atoms with Gasteiger partial charge in [-0.2, -0.15) is 0 Å². The van der Waals surface area contributed by atoms with Crippen LogP contribution in [0.4, 0.5) is 0 Å². The number of carbonyl (C=O) groups is 1. The van der Waals surface area contributed by atoms with Crippen LogP contribution < -0.4 is 9.47 Å². The van der Waals surface area contributed by atoms with Crippen LogP contribution in [0.1, 0.15) is 58.5 Å². The number of nitrogens with zero attached hydrogens (tertiary/aromatic N) is 3. The Labute approximate surface area is 276 Å². The minimum absolute atomic E-state index is 0.0686. The zero-order chi connectivity index (χ0) is 32.9. The summed E-state index contributed by atoms with van der Waals surface area (Å²) in [5.74, 6) is 1.17. The summed E-state index contributed by atoms with van der Waals surface area (Å²) in [5.41, 5.74) is 5.61. The lowest BCUT2D eigenvalue weighted by atomic mass is 9.87. The lowest BCUT2D eigenvalue weighted by Crippen LogP contribution is -2.30. The van der Waals surface area contributed by atoms with E-state index in [0.717, 1.165) is 49.6 Å². The van der Waals surface area contributed by atoms with Gasteiger partial charge in [-0.25, -0.2) is 4.98 Å². The van der Waals surface area contributed by atoms with Crippen LogP contribution in [0, 0.1) is 5.41 Å². The van der Waals surface area contributed by atoms with E-state index in [1.807, 2.05) is 75.1 Å². The van der Waals surface area contributed by atoms with E-state index in [9.17, 15) is 4.79 Å². The SMILES string of the molecule is CCOC(=O)C(C)(C)Cc1c(SC(C)(C)C)c2cc(OCc3ccccn3)ccc2n1Cc1ccc(-c2ccc(OC)nc2)cc1. The zero-order valence-corrected chi connectivity index (χ0v) is 28.6. The van der Waals surface area contributed by atoms with E-state index in [0.29, 0.717) is 32.1 Å². The quantitative estimate of drug-likeness (QED) is 0.100. The molecule has 0 saturated heterocycles. The van der Waals surface area contributed by atoms with Crippen LogP contribution in [0.15, 0.2) is 90.1 Å². The Kier molecular flexibility index (Phi) is 10.1. The topological polar surface area (TPSA) is 75.5 Å².